The number of rotatable bonds is 4. The molecule has 2 fully saturated rings. The Bertz CT molecular complexity index is 1650. The van der Waals surface area contributed by atoms with E-state index in [1.54, 1.807) is 0 Å². The molecule has 7 atom stereocenters. The molecule has 8 rings (SSSR count). The average Bonchev–Trinajstić information content (AvgIpc) is 3.61. The van der Waals surface area contributed by atoms with Gasteiger partial charge in [0, 0.05) is 6.04 Å². The molecule has 1 saturated carbocycles. The Morgan fingerprint density at radius 3 is 1.80 bits per heavy atom. The summed E-state index contributed by atoms with van der Waals surface area (Å²) in [6.45, 7) is 7.67. The summed E-state index contributed by atoms with van der Waals surface area (Å²) in [5.41, 5.74) is 3.42. The van der Waals surface area contributed by atoms with E-state index in [1.165, 1.54) is 32.7 Å². The zero-order valence-corrected chi connectivity index (χ0v) is 30.6. The van der Waals surface area contributed by atoms with Gasteiger partial charge in [0.05, 0.1) is 0 Å². The summed E-state index contributed by atoms with van der Waals surface area (Å²) in [6.07, 6.45) is 27.8. The SMILES string of the molecule is CC[C@H]1[N-]C2C(c3c4ccccc4cc4ccccc34)=CC=C[C@H]2N1[Si](C)(C)C1C2C=CC=CC2C2C=CC=CC21.[CH3-].[Cl][Ti][Cl]. The van der Waals surface area contributed by atoms with Crippen molar-refractivity contribution >= 4 is 54.0 Å². The van der Waals surface area contributed by atoms with Gasteiger partial charge in [0.25, 0.3) is 0 Å². The molecule has 0 radical (unpaired) electrons. The van der Waals surface area contributed by atoms with E-state index in [0.717, 1.165) is 6.42 Å². The Kier molecular flexibility index (Phi) is 10.0. The van der Waals surface area contributed by atoms with Crippen LogP contribution in [0.5, 0.6) is 0 Å². The summed E-state index contributed by atoms with van der Waals surface area (Å²) in [5, 5.41) is 11.0. The first kappa shape index (κ1) is 33.0. The first-order valence-corrected chi connectivity index (χ1v) is 23.3. The zero-order valence-electron chi connectivity index (χ0n) is 26.5. The van der Waals surface area contributed by atoms with Gasteiger partial charge in [0.2, 0.25) is 0 Å². The molecule has 5 aliphatic rings. The fraction of sp³-hybridized carbons (Fsp3) is 0.308. The average molecular weight is 686 g/mol. The van der Waals surface area contributed by atoms with Crippen molar-refractivity contribution in [3.05, 3.63) is 140 Å². The fourth-order valence-electron chi connectivity index (χ4n) is 9.30. The van der Waals surface area contributed by atoms with E-state index in [9.17, 15) is 0 Å². The Balaban J connectivity index is 0.000000861. The van der Waals surface area contributed by atoms with Crippen molar-refractivity contribution in [1.82, 2.24) is 4.57 Å². The van der Waals surface area contributed by atoms with Gasteiger partial charge >= 0.3 is 35.6 Å². The Labute approximate surface area is 287 Å². The quantitative estimate of drug-likeness (QED) is 0.152. The number of benzene rings is 3. The molecule has 2 nitrogen and oxygen atoms in total. The Morgan fingerprint density at radius 1 is 0.756 bits per heavy atom. The number of halogens is 2. The summed E-state index contributed by atoms with van der Waals surface area (Å²) in [7, 11) is 7.78. The minimum atomic E-state index is -1.99. The molecule has 3 aromatic carbocycles. The van der Waals surface area contributed by atoms with Crippen molar-refractivity contribution in [3.63, 3.8) is 0 Å². The summed E-state index contributed by atoms with van der Waals surface area (Å²) >= 11 is -0.556. The second kappa shape index (κ2) is 13.7. The van der Waals surface area contributed by atoms with Crippen molar-refractivity contribution in [2.75, 3.05) is 0 Å². The van der Waals surface area contributed by atoms with Crippen LogP contribution in [-0.2, 0) is 17.0 Å². The third kappa shape index (κ3) is 5.57. The van der Waals surface area contributed by atoms with Gasteiger partial charge in [-0.25, -0.2) is 0 Å². The minimum absolute atomic E-state index is 0. The van der Waals surface area contributed by atoms with Crippen LogP contribution < -0.4 is 0 Å². The maximum atomic E-state index is 5.70. The van der Waals surface area contributed by atoms with Gasteiger partial charge in [-0.05, 0) is 62.4 Å². The predicted octanol–water partition coefficient (Wildman–Crippen LogP) is 11.2. The topological polar surface area (TPSA) is 17.3 Å². The molecule has 0 amide bonds. The number of allylic oxidation sites excluding steroid dienone is 10. The van der Waals surface area contributed by atoms with Crippen molar-refractivity contribution < 1.29 is 17.0 Å². The molecule has 0 spiro atoms. The van der Waals surface area contributed by atoms with Crippen LogP contribution in [0.2, 0.25) is 18.6 Å². The molecule has 45 heavy (non-hydrogen) atoms. The third-order valence-electron chi connectivity index (χ3n) is 10.8. The number of hydrogen-bond acceptors (Lipinski definition) is 1. The molecule has 0 aromatic heterocycles. The van der Waals surface area contributed by atoms with Crippen LogP contribution in [0.25, 0.3) is 32.4 Å². The van der Waals surface area contributed by atoms with Crippen LogP contribution in [-0.4, -0.2) is 31.1 Å². The first-order valence-electron chi connectivity index (χ1n) is 15.9. The van der Waals surface area contributed by atoms with Crippen molar-refractivity contribution in [2.45, 2.75) is 50.2 Å². The zero-order chi connectivity index (χ0) is 30.4. The number of fused-ring (bicyclic) bond motifs is 6. The van der Waals surface area contributed by atoms with Gasteiger partial charge in [-0.3, -0.25) is 0 Å². The standard InChI is InChI=1S/C38H39N2Si.CH3.2ClH.Ti/c1-4-35-39-37-33(36-27-16-7-5-14-25(27)24-26-15-6-8-17-28(26)36)22-13-23-34(37)40(35)41(2,3)38-31-20-11-9-18-29(31)30-19-10-12-21-32(30)38;;;;/h5-24,29-32,34-35,37-38H,4H2,1-3H3;1H3;2*1H;/q2*-1;;;+2/p-2/t29?,30?,31?,32?,34-,35+,37?,38?;;;;/m1..../s1. The van der Waals surface area contributed by atoms with Gasteiger partial charge in [0.1, 0.15) is 8.24 Å². The predicted molar refractivity (Wildman–Crippen MR) is 195 cm³/mol. The van der Waals surface area contributed by atoms with E-state index in [0.29, 0.717) is 35.3 Å². The van der Waals surface area contributed by atoms with Gasteiger partial charge in [-0.1, -0.05) is 160 Å². The van der Waals surface area contributed by atoms with Crippen LogP contribution in [0.3, 0.4) is 0 Å². The molecule has 232 valence electrons. The molecule has 4 aliphatic carbocycles. The molecule has 5 unspecified atom stereocenters. The first-order chi connectivity index (χ1) is 21.5. The molecule has 1 aliphatic heterocycles. The van der Waals surface area contributed by atoms with E-state index in [2.05, 4.69) is 146 Å². The van der Waals surface area contributed by atoms with Crippen molar-refractivity contribution in [2.24, 2.45) is 23.7 Å². The maximum absolute atomic E-state index is 5.70. The molecule has 3 aromatic rings. The second-order valence-electron chi connectivity index (χ2n) is 13.2. The molecule has 0 N–H and O–H groups in total. The fourth-order valence-corrected chi connectivity index (χ4v) is 14.2. The van der Waals surface area contributed by atoms with E-state index >= 15 is 0 Å². The van der Waals surface area contributed by atoms with Gasteiger partial charge < -0.3 is 17.3 Å². The molecular weight excluding hydrogens is 643 g/mol. The van der Waals surface area contributed by atoms with Crippen LogP contribution in [0.1, 0.15) is 18.9 Å². The summed E-state index contributed by atoms with van der Waals surface area (Å²) in [5.74, 6) is 2.42. The van der Waals surface area contributed by atoms with E-state index < -0.39 is 25.3 Å². The van der Waals surface area contributed by atoms with Gasteiger partial charge in [0.15, 0.2) is 0 Å². The van der Waals surface area contributed by atoms with Crippen molar-refractivity contribution in [1.29, 1.82) is 0 Å². The van der Waals surface area contributed by atoms with Crippen molar-refractivity contribution in [3.8, 4) is 0 Å². The van der Waals surface area contributed by atoms with Crippen LogP contribution in [0, 0.1) is 31.1 Å². The molecular formula is C39H42Cl2N2SiTi-2. The van der Waals surface area contributed by atoms with E-state index in [-0.39, 0.29) is 19.6 Å². The van der Waals surface area contributed by atoms with Gasteiger partial charge in [-0.15, -0.1) is 0 Å². The normalized spacial score (nSPS) is 31.1. The third-order valence-corrected chi connectivity index (χ3v) is 15.2. The van der Waals surface area contributed by atoms with E-state index in [4.69, 9.17) is 23.9 Å². The summed E-state index contributed by atoms with van der Waals surface area (Å²) < 4.78 is 2.96. The number of hydrogen-bond donors (Lipinski definition) is 0. The van der Waals surface area contributed by atoms with Crippen LogP contribution >= 0.6 is 18.6 Å². The number of nitrogens with zero attached hydrogens (tertiary/aromatic N) is 2. The molecule has 6 heteroatoms. The molecule has 1 saturated heterocycles. The van der Waals surface area contributed by atoms with Crippen LogP contribution in [0.4, 0.5) is 0 Å². The molecule has 1 heterocycles. The van der Waals surface area contributed by atoms with Gasteiger partial charge in [-0.2, -0.15) is 0 Å². The summed E-state index contributed by atoms with van der Waals surface area (Å²) in [4.78, 5) is 0. The molecule has 0 bridgehead atoms. The van der Waals surface area contributed by atoms with Crippen LogP contribution in [0.15, 0.2) is 121 Å². The summed E-state index contributed by atoms with van der Waals surface area (Å²) in [6, 6.07) is 20.6. The Hall–Kier alpha value is -1.95. The van der Waals surface area contributed by atoms with E-state index in [1.807, 2.05) is 0 Å². The Morgan fingerprint density at radius 2 is 1.27 bits per heavy atom. The second-order valence-corrected chi connectivity index (χ2v) is 20.3. The monoisotopic (exact) mass is 684 g/mol.